The molecular weight excluding hydrogens is 519 g/mol. The number of halogens is 1. The molecule has 0 amide bonds. The number of nitrogens with one attached hydrogen (secondary N) is 1. The molecule has 2 unspecified atom stereocenters. The summed E-state index contributed by atoms with van der Waals surface area (Å²) in [5, 5.41) is 11.0. The summed E-state index contributed by atoms with van der Waals surface area (Å²) in [6, 6.07) is 13.1. The average molecular weight is 577 g/mol. The molecule has 3 nitrogen and oxygen atoms in total. The number of carbonyl (C=O) groups excluding carboxylic acids is 1. The maximum absolute atomic E-state index is 13.8. The highest BCUT2D eigenvalue weighted by molar-refractivity contribution is 6.00. The van der Waals surface area contributed by atoms with E-state index in [0.717, 1.165) is 41.0 Å². The second-order valence-corrected chi connectivity index (χ2v) is 11.8. The molecule has 1 aliphatic carbocycles. The fourth-order valence-corrected chi connectivity index (χ4v) is 4.58. The van der Waals surface area contributed by atoms with Crippen molar-refractivity contribution < 1.29 is 9.18 Å². The number of nitrogens with zero attached hydrogens (tertiary/aromatic N) is 1. The number of allylic oxidation sites excluding steroid dienone is 1. The first kappa shape index (κ1) is 37.1. The van der Waals surface area contributed by atoms with Crippen LogP contribution in [0.2, 0.25) is 0 Å². The van der Waals surface area contributed by atoms with Crippen LogP contribution in [0.4, 0.5) is 4.39 Å². The van der Waals surface area contributed by atoms with Gasteiger partial charge in [0.1, 0.15) is 12.4 Å². The lowest BCUT2D eigenvalue weighted by Crippen LogP contribution is -2.12. The SMILES string of the molecule is CCCCCCCC(C)CC.CCc1ccc(-c2ccc(C)c(F)c2)cc1C(=O)C(C)CC.N#CCNC=C1CCC1. The minimum absolute atomic E-state index is 0.00954. The lowest BCUT2D eigenvalue weighted by atomic mass is 9.90. The summed E-state index contributed by atoms with van der Waals surface area (Å²) in [5.74, 6) is 0.924. The van der Waals surface area contributed by atoms with Crippen LogP contribution in [0.1, 0.15) is 134 Å². The summed E-state index contributed by atoms with van der Waals surface area (Å²) < 4.78 is 13.8. The van der Waals surface area contributed by atoms with Gasteiger partial charge in [0.2, 0.25) is 0 Å². The third kappa shape index (κ3) is 13.8. The Morgan fingerprint density at radius 1 is 0.976 bits per heavy atom. The number of aryl methyl sites for hydroxylation is 2. The lowest BCUT2D eigenvalue weighted by molar-refractivity contribution is 0.0926. The maximum atomic E-state index is 13.8. The number of nitriles is 1. The first-order valence-electron chi connectivity index (χ1n) is 16.4. The molecule has 0 heterocycles. The number of benzene rings is 2. The molecule has 4 heteroatoms. The molecule has 0 aliphatic heterocycles. The summed E-state index contributed by atoms with van der Waals surface area (Å²) >= 11 is 0. The van der Waals surface area contributed by atoms with Gasteiger partial charge in [-0.25, -0.2) is 4.39 Å². The van der Waals surface area contributed by atoms with Crippen LogP contribution in [0.3, 0.4) is 0 Å². The van der Waals surface area contributed by atoms with Crippen molar-refractivity contribution in [2.75, 3.05) is 6.54 Å². The van der Waals surface area contributed by atoms with E-state index in [9.17, 15) is 9.18 Å². The molecule has 2 atom stereocenters. The van der Waals surface area contributed by atoms with Crippen molar-refractivity contribution in [3.8, 4) is 17.2 Å². The summed E-state index contributed by atoms with van der Waals surface area (Å²) in [4.78, 5) is 12.6. The van der Waals surface area contributed by atoms with E-state index in [0.29, 0.717) is 12.1 Å². The molecule has 1 saturated carbocycles. The highest BCUT2D eigenvalue weighted by Crippen LogP contribution is 2.27. The van der Waals surface area contributed by atoms with Gasteiger partial charge in [-0.3, -0.25) is 4.79 Å². The smallest absolute Gasteiger partial charge is 0.165 e. The lowest BCUT2D eigenvalue weighted by Gasteiger charge is -2.15. The second-order valence-electron chi connectivity index (χ2n) is 11.8. The molecule has 1 fully saturated rings. The number of rotatable bonds is 14. The molecule has 0 aromatic heterocycles. The van der Waals surface area contributed by atoms with E-state index >= 15 is 0 Å². The van der Waals surface area contributed by atoms with Gasteiger partial charge in [-0.15, -0.1) is 0 Å². The molecule has 0 spiro atoms. The fraction of sp³-hybridized carbons (Fsp3) is 0.579. The first-order valence-corrected chi connectivity index (χ1v) is 16.4. The molecule has 42 heavy (non-hydrogen) atoms. The molecule has 1 N–H and O–H groups in total. The van der Waals surface area contributed by atoms with Crippen LogP contribution in [0, 0.1) is 35.9 Å². The summed E-state index contributed by atoms with van der Waals surface area (Å²) in [7, 11) is 0. The highest BCUT2D eigenvalue weighted by atomic mass is 19.1. The van der Waals surface area contributed by atoms with Crippen molar-refractivity contribution in [3.05, 3.63) is 70.7 Å². The maximum Gasteiger partial charge on any atom is 0.165 e. The van der Waals surface area contributed by atoms with Crippen molar-refractivity contribution >= 4 is 5.78 Å². The number of hydrogen-bond acceptors (Lipinski definition) is 3. The third-order valence-electron chi connectivity index (χ3n) is 8.30. The number of Topliss-reactive ketones (excluding diaryl/α,β-unsaturated/α-hetero) is 1. The summed E-state index contributed by atoms with van der Waals surface area (Å²) in [6.07, 6.45) is 17.3. The van der Waals surface area contributed by atoms with Crippen LogP contribution >= 0.6 is 0 Å². The van der Waals surface area contributed by atoms with Crippen LogP contribution in [0.15, 0.2) is 48.2 Å². The van der Waals surface area contributed by atoms with E-state index in [1.165, 1.54) is 75.8 Å². The summed E-state index contributed by atoms with van der Waals surface area (Å²) in [5.41, 5.74) is 5.61. The van der Waals surface area contributed by atoms with E-state index in [1.807, 2.05) is 57.3 Å². The first-order chi connectivity index (χ1) is 20.2. The molecule has 0 bridgehead atoms. The van der Waals surface area contributed by atoms with Gasteiger partial charge in [-0.05, 0) is 85.5 Å². The zero-order valence-corrected chi connectivity index (χ0v) is 27.6. The van der Waals surface area contributed by atoms with Gasteiger partial charge >= 0.3 is 0 Å². The molecule has 2 aromatic rings. The largest absolute Gasteiger partial charge is 0.378 e. The monoisotopic (exact) mass is 576 g/mol. The van der Waals surface area contributed by atoms with Crippen molar-refractivity contribution in [1.82, 2.24) is 5.32 Å². The van der Waals surface area contributed by atoms with Gasteiger partial charge in [0, 0.05) is 11.5 Å². The zero-order valence-electron chi connectivity index (χ0n) is 27.6. The Kier molecular flexibility index (Phi) is 19.2. The Balaban J connectivity index is 0.000000367. The van der Waals surface area contributed by atoms with Crippen LogP contribution in [0.5, 0.6) is 0 Å². The highest BCUT2D eigenvalue weighted by Gasteiger charge is 2.17. The van der Waals surface area contributed by atoms with Crippen LogP contribution < -0.4 is 5.32 Å². The van der Waals surface area contributed by atoms with Crippen molar-refractivity contribution in [3.63, 3.8) is 0 Å². The van der Waals surface area contributed by atoms with Gasteiger partial charge in [-0.2, -0.15) is 5.26 Å². The van der Waals surface area contributed by atoms with Crippen molar-refractivity contribution in [1.29, 1.82) is 5.26 Å². The van der Waals surface area contributed by atoms with E-state index in [2.05, 4.69) is 26.1 Å². The predicted molar refractivity (Wildman–Crippen MR) is 178 cm³/mol. The Labute approximate surface area is 257 Å². The number of unbranched alkanes of at least 4 members (excludes halogenated alkanes) is 4. The van der Waals surface area contributed by atoms with Crippen LogP contribution in [-0.2, 0) is 6.42 Å². The molecule has 2 aromatic carbocycles. The standard InChI is InChI=1S/C20H23FO.C11H24.C7H10N2/c1-5-13(3)20(22)18-11-16(10-9-15(18)6-2)17-8-7-14(4)19(21)12-17;1-4-6-7-8-9-10-11(3)5-2;8-4-5-9-6-7-2-1-3-7/h7-13H,5-6H2,1-4H3;11H,4-10H2,1-3H3;6,9H,1-3,5H2. The molecule has 3 rings (SSSR count). The van der Waals surface area contributed by atoms with Gasteiger partial charge in [0.05, 0.1) is 6.07 Å². The fourth-order valence-electron chi connectivity index (χ4n) is 4.58. The van der Waals surface area contributed by atoms with Crippen molar-refractivity contribution in [2.45, 2.75) is 126 Å². The number of hydrogen-bond donors (Lipinski definition) is 1. The van der Waals surface area contributed by atoms with Gasteiger partial charge in [0.25, 0.3) is 0 Å². The van der Waals surface area contributed by atoms with Crippen LogP contribution in [0.25, 0.3) is 11.1 Å². The predicted octanol–water partition coefficient (Wildman–Crippen LogP) is 11.2. The quantitative estimate of drug-likeness (QED) is 0.138. The van der Waals surface area contributed by atoms with E-state index in [-0.39, 0.29) is 17.5 Å². The third-order valence-corrected chi connectivity index (χ3v) is 8.30. The minimum atomic E-state index is -0.216. The molecule has 0 saturated heterocycles. The second kappa shape index (κ2) is 21.7. The van der Waals surface area contributed by atoms with E-state index in [1.54, 1.807) is 13.0 Å². The van der Waals surface area contributed by atoms with Gasteiger partial charge in [0.15, 0.2) is 5.78 Å². The van der Waals surface area contributed by atoms with Gasteiger partial charge in [-0.1, -0.05) is 116 Å². The Morgan fingerprint density at radius 3 is 2.19 bits per heavy atom. The minimum Gasteiger partial charge on any atom is -0.378 e. The molecule has 232 valence electrons. The molecular formula is C38H57FN2O. The van der Waals surface area contributed by atoms with E-state index in [4.69, 9.17) is 5.26 Å². The average Bonchev–Trinajstić information content (AvgIpc) is 2.99. The Bertz CT molecular complexity index is 1120. The topological polar surface area (TPSA) is 52.9 Å². The van der Waals surface area contributed by atoms with Crippen molar-refractivity contribution in [2.24, 2.45) is 11.8 Å². The number of carbonyl (C=O) groups is 1. The molecule has 1 aliphatic rings. The van der Waals surface area contributed by atoms with Crippen LogP contribution in [-0.4, -0.2) is 12.3 Å². The summed E-state index contributed by atoms with van der Waals surface area (Å²) in [6.45, 7) is 15.1. The Hall–Kier alpha value is -2.93. The number of ketones is 1. The Morgan fingerprint density at radius 2 is 1.64 bits per heavy atom. The molecule has 0 radical (unpaired) electrons. The van der Waals surface area contributed by atoms with E-state index < -0.39 is 0 Å². The zero-order chi connectivity index (χ0) is 31.3. The normalized spacial score (nSPS) is 13.3. The van der Waals surface area contributed by atoms with Gasteiger partial charge < -0.3 is 5.32 Å².